The van der Waals surface area contributed by atoms with Gasteiger partial charge < -0.3 is 21.1 Å². The second kappa shape index (κ2) is 5.35. The van der Waals surface area contributed by atoms with Crippen LogP contribution in [0.3, 0.4) is 0 Å². The molecule has 1 amide bonds. The number of hydrogen-bond acceptors (Lipinski definition) is 4. The molecular weight excluding hydrogens is 313 g/mol. The van der Waals surface area contributed by atoms with Gasteiger partial charge in [-0.2, -0.15) is 0 Å². The van der Waals surface area contributed by atoms with E-state index in [4.69, 9.17) is 33.7 Å². The van der Waals surface area contributed by atoms with Crippen molar-refractivity contribution >= 4 is 51.9 Å². The number of anilines is 4. The van der Waals surface area contributed by atoms with E-state index in [1.807, 2.05) is 0 Å². The maximum atomic E-state index is 11.3. The van der Waals surface area contributed by atoms with Crippen molar-refractivity contribution in [2.45, 2.75) is 0 Å². The number of carbonyl (C=O) groups excluding carboxylic acids is 1. The van der Waals surface area contributed by atoms with Crippen LogP contribution in [-0.4, -0.2) is 12.5 Å². The van der Waals surface area contributed by atoms with E-state index in [1.54, 1.807) is 30.3 Å². The third-order valence-electron chi connectivity index (χ3n) is 2.99. The summed E-state index contributed by atoms with van der Waals surface area (Å²) in [6.45, 7) is -0.0117. The van der Waals surface area contributed by atoms with Gasteiger partial charge in [-0.15, -0.1) is 0 Å². The van der Waals surface area contributed by atoms with Crippen LogP contribution < -0.4 is 21.1 Å². The van der Waals surface area contributed by atoms with E-state index < -0.39 is 0 Å². The number of halogens is 2. The predicted octanol–water partition coefficient (Wildman–Crippen LogP) is 3.65. The highest BCUT2D eigenvalue weighted by molar-refractivity contribution is 6.36. The van der Waals surface area contributed by atoms with Gasteiger partial charge in [-0.05, 0) is 24.3 Å². The lowest BCUT2D eigenvalue weighted by atomic mass is 10.2. The second-order valence-electron chi connectivity index (χ2n) is 4.52. The molecule has 0 fully saturated rings. The molecule has 108 valence electrons. The van der Waals surface area contributed by atoms with Crippen molar-refractivity contribution in [2.24, 2.45) is 0 Å². The van der Waals surface area contributed by atoms with E-state index in [0.717, 1.165) is 0 Å². The largest absolute Gasteiger partial charge is 0.482 e. The lowest BCUT2D eigenvalue weighted by Gasteiger charge is -2.20. The van der Waals surface area contributed by atoms with Crippen LogP contribution in [0.25, 0.3) is 0 Å². The van der Waals surface area contributed by atoms with Crippen molar-refractivity contribution in [1.82, 2.24) is 0 Å². The van der Waals surface area contributed by atoms with Gasteiger partial charge in [0.15, 0.2) is 6.61 Å². The summed E-state index contributed by atoms with van der Waals surface area (Å²) in [6.07, 6.45) is 0. The minimum Gasteiger partial charge on any atom is -0.482 e. The fourth-order valence-corrected chi connectivity index (χ4v) is 2.44. The quantitative estimate of drug-likeness (QED) is 0.737. The maximum Gasteiger partial charge on any atom is 0.262 e. The average Bonchev–Trinajstić information content (AvgIpc) is 2.43. The first kappa shape index (κ1) is 13.9. The Bertz CT molecular complexity index is 734. The molecule has 1 aliphatic heterocycles. The Kier molecular flexibility index (Phi) is 3.53. The Morgan fingerprint density at radius 3 is 2.76 bits per heavy atom. The van der Waals surface area contributed by atoms with E-state index in [9.17, 15) is 4.79 Å². The fourth-order valence-electron chi connectivity index (χ4n) is 1.99. The standard InChI is InChI=1S/C14H11Cl2N3O2/c15-7-1-2-10(8(16)3-7)18-11-5-12-13(4-9(11)17)21-6-14(20)19-12/h1-5,18H,6,17H2,(H,19,20). The van der Waals surface area contributed by atoms with Gasteiger partial charge in [0.05, 0.1) is 27.8 Å². The van der Waals surface area contributed by atoms with Gasteiger partial charge in [0.25, 0.3) is 5.91 Å². The SMILES string of the molecule is Nc1cc2c(cc1Nc1ccc(Cl)cc1Cl)NC(=O)CO2. The van der Waals surface area contributed by atoms with Crippen LogP contribution in [0.4, 0.5) is 22.7 Å². The maximum absolute atomic E-state index is 11.3. The first-order valence-corrected chi connectivity index (χ1v) is 6.87. The van der Waals surface area contributed by atoms with E-state index >= 15 is 0 Å². The summed E-state index contributed by atoms with van der Waals surface area (Å²) in [7, 11) is 0. The van der Waals surface area contributed by atoms with E-state index in [-0.39, 0.29) is 12.5 Å². The zero-order valence-corrected chi connectivity index (χ0v) is 12.3. The Balaban J connectivity index is 1.95. The summed E-state index contributed by atoms with van der Waals surface area (Å²) in [4.78, 5) is 11.3. The van der Waals surface area contributed by atoms with Crippen molar-refractivity contribution < 1.29 is 9.53 Å². The van der Waals surface area contributed by atoms with Crippen LogP contribution in [0.2, 0.25) is 10.0 Å². The van der Waals surface area contributed by atoms with Crippen molar-refractivity contribution in [3.63, 3.8) is 0 Å². The lowest BCUT2D eigenvalue weighted by molar-refractivity contribution is -0.118. The average molecular weight is 324 g/mol. The van der Waals surface area contributed by atoms with Crippen LogP contribution in [0, 0.1) is 0 Å². The van der Waals surface area contributed by atoms with Gasteiger partial charge >= 0.3 is 0 Å². The number of nitrogens with one attached hydrogen (secondary N) is 2. The normalized spacial score (nSPS) is 13.1. The number of ether oxygens (including phenoxy) is 1. The van der Waals surface area contributed by atoms with Gasteiger partial charge in [0.2, 0.25) is 0 Å². The highest BCUT2D eigenvalue weighted by Crippen LogP contribution is 2.37. The molecule has 21 heavy (non-hydrogen) atoms. The third kappa shape index (κ3) is 2.84. The summed E-state index contributed by atoms with van der Waals surface area (Å²) in [5, 5.41) is 6.85. The molecule has 4 N–H and O–H groups in total. The Labute approximate surface area is 131 Å². The molecule has 0 radical (unpaired) electrons. The molecule has 0 spiro atoms. The number of carbonyl (C=O) groups is 1. The number of nitrogens with two attached hydrogens (primary N) is 1. The topological polar surface area (TPSA) is 76.4 Å². The van der Waals surface area contributed by atoms with Crippen LogP contribution in [-0.2, 0) is 4.79 Å². The highest BCUT2D eigenvalue weighted by atomic mass is 35.5. The second-order valence-corrected chi connectivity index (χ2v) is 5.37. The van der Waals surface area contributed by atoms with Gasteiger partial charge in [0, 0.05) is 11.1 Å². The molecule has 0 aliphatic carbocycles. The molecule has 1 heterocycles. The van der Waals surface area contributed by atoms with Gasteiger partial charge in [-0.25, -0.2) is 0 Å². The summed E-state index contributed by atoms with van der Waals surface area (Å²) < 4.78 is 5.30. The minimum atomic E-state index is -0.206. The summed E-state index contributed by atoms with van der Waals surface area (Å²) >= 11 is 12.0. The van der Waals surface area contributed by atoms with Crippen LogP contribution in [0.1, 0.15) is 0 Å². The van der Waals surface area contributed by atoms with Gasteiger partial charge in [0.1, 0.15) is 5.75 Å². The van der Waals surface area contributed by atoms with Crippen molar-refractivity contribution in [1.29, 1.82) is 0 Å². The van der Waals surface area contributed by atoms with Crippen LogP contribution >= 0.6 is 23.2 Å². The van der Waals surface area contributed by atoms with E-state index in [2.05, 4.69) is 10.6 Å². The molecule has 0 bridgehead atoms. The Hall–Kier alpha value is -2.11. The lowest BCUT2D eigenvalue weighted by Crippen LogP contribution is -2.25. The molecule has 7 heteroatoms. The van der Waals surface area contributed by atoms with Crippen molar-refractivity contribution in [2.75, 3.05) is 23.0 Å². The van der Waals surface area contributed by atoms with E-state index in [1.165, 1.54) is 0 Å². The third-order valence-corrected chi connectivity index (χ3v) is 3.53. The molecule has 2 aromatic carbocycles. The molecule has 0 atom stereocenters. The number of hydrogen-bond donors (Lipinski definition) is 3. The number of benzene rings is 2. The molecule has 0 saturated heterocycles. The van der Waals surface area contributed by atoms with Gasteiger partial charge in [-0.1, -0.05) is 23.2 Å². The molecular formula is C14H11Cl2N3O2. The summed E-state index contributed by atoms with van der Waals surface area (Å²) in [5.41, 5.74) is 8.31. The number of nitrogen functional groups attached to an aromatic ring is 1. The predicted molar refractivity (Wildman–Crippen MR) is 84.7 cm³/mol. The number of fused-ring (bicyclic) bond motifs is 1. The Morgan fingerprint density at radius 1 is 1.19 bits per heavy atom. The fraction of sp³-hybridized carbons (Fsp3) is 0.0714. The zero-order chi connectivity index (χ0) is 15.0. The zero-order valence-electron chi connectivity index (χ0n) is 10.7. The highest BCUT2D eigenvalue weighted by Gasteiger charge is 2.18. The monoisotopic (exact) mass is 323 g/mol. The summed E-state index contributed by atoms with van der Waals surface area (Å²) in [6, 6.07) is 8.45. The minimum absolute atomic E-state index is 0.0117. The van der Waals surface area contributed by atoms with Crippen molar-refractivity contribution in [3.05, 3.63) is 40.4 Å². The first-order valence-electron chi connectivity index (χ1n) is 6.11. The molecule has 0 unspecified atom stereocenters. The molecule has 1 aliphatic rings. The van der Waals surface area contributed by atoms with Gasteiger partial charge in [-0.3, -0.25) is 4.79 Å². The number of rotatable bonds is 2. The molecule has 0 saturated carbocycles. The molecule has 3 rings (SSSR count). The van der Waals surface area contributed by atoms with Crippen LogP contribution in [0.15, 0.2) is 30.3 Å². The number of amides is 1. The smallest absolute Gasteiger partial charge is 0.262 e. The molecule has 5 nitrogen and oxygen atoms in total. The van der Waals surface area contributed by atoms with E-state index in [0.29, 0.717) is 38.5 Å². The first-order chi connectivity index (χ1) is 10.0. The molecule has 0 aromatic heterocycles. The van der Waals surface area contributed by atoms with Crippen LogP contribution in [0.5, 0.6) is 5.75 Å². The summed E-state index contributed by atoms with van der Waals surface area (Å²) in [5.74, 6) is 0.336. The molecule has 2 aromatic rings. The van der Waals surface area contributed by atoms with Crippen molar-refractivity contribution in [3.8, 4) is 5.75 Å². The Morgan fingerprint density at radius 2 is 2.00 bits per heavy atom.